The van der Waals surface area contributed by atoms with E-state index in [9.17, 15) is 14.9 Å². The van der Waals surface area contributed by atoms with Gasteiger partial charge < -0.3 is 5.11 Å². The minimum absolute atomic E-state index is 0.0404. The summed E-state index contributed by atoms with van der Waals surface area (Å²) in [6.45, 7) is 4.05. The quantitative estimate of drug-likeness (QED) is 0.671. The Morgan fingerprint density at radius 1 is 1.33 bits per heavy atom. The summed E-state index contributed by atoms with van der Waals surface area (Å²) in [5.74, 6) is -0.893. The van der Waals surface area contributed by atoms with E-state index in [1.54, 1.807) is 23.7 Å². The molecule has 0 radical (unpaired) electrons. The molecule has 1 N–H and O–H groups in total. The summed E-state index contributed by atoms with van der Waals surface area (Å²) >= 11 is 0. The Hall–Kier alpha value is -2.70. The molecule has 0 bridgehead atoms. The Morgan fingerprint density at radius 3 is 2.48 bits per heavy atom. The second-order valence-electron chi connectivity index (χ2n) is 4.80. The highest BCUT2D eigenvalue weighted by Gasteiger charge is 2.14. The fourth-order valence-corrected chi connectivity index (χ4v) is 2.19. The van der Waals surface area contributed by atoms with E-state index in [1.807, 2.05) is 6.92 Å². The molecule has 7 nitrogen and oxygen atoms in total. The molecular weight excluding hydrogens is 274 g/mol. The van der Waals surface area contributed by atoms with Crippen molar-refractivity contribution >= 4 is 11.7 Å². The molecule has 0 fully saturated rings. The number of carboxylic acids is 1. The molecule has 0 amide bonds. The summed E-state index contributed by atoms with van der Waals surface area (Å²) < 4.78 is 1.72. The van der Waals surface area contributed by atoms with E-state index in [0.29, 0.717) is 17.8 Å². The molecule has 7 heteroatoms. The largest absolute Gasteiger partial charge is 0.481 e. The van der Waals surface area contributed by atoms with Gasteiger partial charge >= 0.3 is 5.97 Å². The van der Waals surface area contributed by atoms with Gasteiger partial charge in [0.25, 0.3) is 5.69 Å². The number of carboxylic acid groups (broad SMARTS) is 1. The van der Waals surface area contributed by atoms with Gasteiger partial charge in [-0.15, -0.1) is 0 Å². The monoisotopic (exact) mass is 289 g/mol. The molecule has 0 atom stereocenters. The topological polar surface area (TPSA) is 98.3 Å². The van der Waals surface area contributed by atoms with Crippen molar-refractivity contribution in [3.63, 3.8) is 0 Å². The third-order valence-electron chi connectivity index (χ3n) is 3.34. The van der Waals surface area contributed by atoms with Crippen molar-refractivity contribution in [1.29, 1.82) is 0 Å². The second-order valence-corrected chi connectivity index (χ2v) is 4.80. The number of non-ortho nitro benzene ring substituents is 1. The standard InChI is InChI=1S/C14H15N3O4/c1-9-13(7-14(18)19)10(2)16(15-9)8-11-3-5-12(6-4-11)17(20)21/h3-6H,7-8H2,1-2H3,(H,18,19). The fraction of sp³-hybridized carbons (Fsp3) is 0.286. The van der Waals surface area contributed by atoms with Crippen LogP contribution in [0.4, 0.5) is 5.69 Å². The third kappa shape index (κ3) is 3.25. The van der Waals surface area contributed by atoms with Crippen LogP contribution in [0.2, 0.25) is 0 Å². The summed E-state index contributed by atoms with van der Waals surface area (Å²) in [7, 11) is 0. The van der Waals surface area contributed by atoms with Crippen molar-refractivity contribution in [3.05, 3.63) is 56.9 Å². The van der Waals surface area contributed by atoms with Crippen LogP contribution in [0.1, 0.15) is 22.5 Å². The lowest BCUT2D eigenvalue weighted by Gasteiger charge is -2.05. The number of aromatic nitrogens is 2. The van der Waals surface area contributed by atoms with Crippen molar-refractivity contribution in [2.45, 2.75) is 26.8 Å². The summed E-state index contributed by atoms with van der Waals surface area (Å²) in [4.78, 5) is 21.0. The zero-order chi connectivity index (χ0) is 15.6. The number of rotatable bonds is 5. The van der Waals surface area contributed by atoms with Crippen molar-refractivity contribution < 1.29 is 14.8 Å². The van der Waals surface area contributed by atoms with Gasteiger partial charge in [0, 0.05) is 23.4 Å². The molecule has 110 valence electrons. The molecule has 0 unspecified atom stereocenters. The molecule has 21 heavy (non-hydrogen) atoms. The van der Waals surface area contributed by atoms with Crippen LogP contribution in [0.3, 0.4) is 0 Å². The molecule has 0 aliphatic carbocycles. The lowest BCUT2D eigenvalue weighted by atomic mass is 10.1. The number of hydrogen-bond donors (Lipinski definition) is 1. The molecule has 1 heterocycles. The highest BCUT2D eigenvalue weighted by Crippen LogP contribution is 2.17. The zero-order valence-electron chi connectivity index (χ0n) is 11.7. The van der Waals surface area contributed by atoms with Gasteiger partial charge in [0.2, 0.25) is 0 Å². The predicted octanol–water partition coefficient (Wildman–Crippen LogP) is 2.08. The number of benzene rings is 1. The van der Waals surface area contributed by atoms with Crippen molar-refractivity contribution in [2.24, 2.45) is 0 Å². The van der Waals surface area contributed by atoms with Gasteiger partial charge in [0.1, 0.15) is 0 Å². The van der Waals surface area contributed by atoms with Crippen molar-refractivity contribution in [1.82, 2.24) is 9.78 Å². The highest BCUT2D eigenvalue weighted by molar-refractivity contribution is 5.70. The van der Waals surface area contributed by atoms with Gasteiger partial charge in [-0.05, 0) is 19.4 Å². The third-order valence-corrected chi connectivity index (χ3v) is 3.34. The first-order valence-electron chi connectivity index (χ1n) is 6.36. The minimum Gasteiger partial charge on any atom is -0.481 e. The summed E-state index contributed by atoms with van der Waals surface area (Å²) in [6.07, 6.45) is -0.0576. The first-order chi connectivity index (χ1) is 9.88. The molecule has 0 aliphatic rings. The first-order valence-corrected chi connectivity index (χ1v) is 6.36. The van der Waals surface area contributed by atoms with Gasteiger partial charge in [-0.2, -0.15) is 5.10 Å². The fourth-order valence-electron chi connectivity index (χ4n) is 2.19. The van der Waals surface area contributed by atoms with Crippen LogP contribution in [0.15, 0.2) is 24.3 Å². The molecule has 1 aromatic heterocycles. The van der Waals surface area contributed by atoms with Gasteiger partial charge in [-0.1, -0.05) is 12.1 Å². The predicted molar refractivity (Wildman–Crippen MR) is 75.2 cm³/mol. The van der Waals surface area contributed by atoms with Crippen LogP contribution in [0, 0.1) is 24.0 Å². The normalized spacial score (nSPS) is 10.6. The van der Waals surface area contributed by atoms with Crippen molar-refractivity contribution in [3.8, 4) is 0 Å². The summed E-state index contributed by atoms with van der Waals surface area (Å²) in [5.41, 5.74) is 3.11. The van der Waals surface area contributed by atoms with E-state index in [1.165, 1.54) is 12.1 Å². The zero-order valence-corrected chi connectivity index (χ0v) is 11.7. The average molecular weight is 289 g/mol. The van der Waals surface area contributed by atoms with Gasteiger partial charge in [0.05, 0.1) is 23.6 Å². The number of aliphatic carboxylic acids is 1. The Morgan fingerprint density at radius 2 is 1.95 bits per heavy atom. The van der Waals surface area contributed by atoms with Crippen LogP contribution >= 0.6 is 0 Å². The number of nitro benzene ring substituents is 1. The lowest BCUT2D eigenvalue weighted by Crippen LogP contribution is -2.06. The Kier molecular flexibility index (Phi) is 4.02. The maximum Gasteiger partial charge on any atom is 0.307 e. The smallest absolute Gasteiger partial charge is 0.307 e. The molecule has 0 saturated carbocycles. The highest BCUT2D eigenvalue weighted by atomic mass is 16.6. The van der Waals surface area contributed by atoms with Crippen molar-refractivity contribution in [2.75, 3.05) is 0 Å². The van der Waals surface area contributed by atoms with E-state index in [2.05, 4.69) is 5.10 Å². The number of nitro groups is 1. The second kappa shape index (κ2) is 5.74. The first kappa shape index (κ1) is 14.7. The number of hydrogen-bond acceptors (Lipinski definition) is 4. The van der Waals surface area contributed by atoms with Crippen LogP contribution in [0.25, 0.3) is 0 Å². The Labute approximate surface area is 121 Å². The number of nitrogens with zero attached hydrogens (tertiary/aromatic N) is 3. The molecule has 2 aromatic rings. The molecule has 1 aromatic carbocycles. The van der Waals surface area contributed by atoms with E-state index in [-0.39, 0.29) is 12.1 Å². The average Bonchev–Trinajstić information content (AvgIpc) is 2.67. The SMILES string of the molecule is Cc1nn(Cc2ccc([N+](=O)[O-])cc2)c(C)c1CC(=O)O. The summed E-state index contributed by atoms with van der Waals surface area (Å²) in [5, 5.41) is 23.8. The van der Waals surface area contributed by atoms with Crippen LogP contribution in [0.5, 0.6) is 0 Å². The summed E-state index contributed by atoms with van der Waals surface area (Å²) in [6, 6.07) is 6.23. The van der Waals surface area contributed by atoms with Gasteiger partial charge in [-0.3, -0.25) is 19.6 Å². The number of aryl methyl sites for hydroxylation is 1. The minimum atomic E-state index is -0.893. The molecule has 0 saturated heterocycles. The molecular formula is C14H15N3O4. The van der Waals surface area contributed by atoms with Gasteiger partial charge in [0.15, 0.2) is 0 Å². The Bertz CT molecular complexity index is 689. The van der Waals surface area contributed by atoms with Crippen LogP contribution in [-0.4, -0.2) is 25.8 Å². The lowest BCUT2D eigenvalue weighted by molar-refractivity contribution is -0.384. The van der Waals surface area contributed by atoms with Crippen LogP contribution in [-0.2, 0) is 17.8 Å². The van der Waals surface area contributed by atoms with E-state index in [4.69, 9.17) is 5.11 Å². The molecule has 0 spiro atoms. The maximum atomic E-state index is 10.8. The van der Waals surface area contributed by atoms with Crippen LogP contribution < -0.4 is 0 Å². The van der Waals surface area contributed by atoms with E-state index >= 15 is 0 Å². The van der Waals surface area contributed by atoms with Gasteiger partial charge in [-0.25, -0.2) is 0 Å². The number of carbonyl (C=O) groups is 1. The molecule has 2 rings (SSSR count). The maximum absolute atomic E-state index is 10.8. The van der Waals surface area contributed by atoms with E-state index < -0.39 is 10.9 Å². The Balaban J connectivity index is 2.23. The molecule has 0 aliphatic heterocycles. The van der Waals surface area contributed by atoms with E-state index in [0.717, 1.165) is 11.3 Å².